The first-order chi connectivity index (χ1) is 12.6. The van der Waals surface area contributed by atoms with Gasteiger partial charge >= 0.3 is 5.97 Å². The monoisotopic (exact) mass is 386 g/mol. The highest BCUT2D eigenvalue weighted by atomic mass is 35.5. The summed E-state index contributed by atoms with van der Waals surface area (Å²) in [5, 5.41) is 13.3. The second kappa shape index (κ2) is 7.82. The molecule has 1 aliphatic heterocycles. The molecule has 6 nitrogen and oxygen atoms in total. The molecular weight excluding hydrogens is 368 g/mol. The van der Waals surface area contributed by atoms with Crippen molar-refractivity contribution in [1.29, 1.82) is 0 Å². The molecule has 3 N–H and O–H groups in total. The summed E-state index contributed by atoms with van der Waals surface area (Å²) in [6, 6.07) is 13.8. The molecule has 27 heavy (non-hydrogen) atoms. The minimum absolute atomic E-state index is 0. The van der Waals surface area contributed by atoms with E-state index in [0.717, 1.165) is 22.9 Å². The third-order valence-corrected chi connectivity index (χ3v) is 4.64. The molecule has 1 atom stereocenters. The lowest BCUT2D eigenvalue weighted by atomic mass is 9.99. The number of benzene rings is 2. The van der Waals surface area contributed by atoms with Crippen LogP contribution in [0, 0.1) is 0 Å². The van der Waals surface area contributed by atoms with E-state index < -0.39 is 12.0 Å². The number of ketones is 1. The number of carboxylic acid groups (broad SMARTS) is 1. The predicted octanol–water partition coefficient (Wildman–Crippen LogP) is 3.12. The Balaban J connectivity index is 0.00000210. The number of ether oxygens (including phenoxy) is 1. The Morgan fingerprint density at radius 1 is 1.15 bits per heavy atom. The SMILES string of the molecule is Cl.O=C(COc1ccc2[nH]c3c(c2c1)CCNC3C(=O)O)c1ccccc1. The number of carbonyl (C=O) groups is 2. The van der Waals surface area contributed by atoms with E-state index in [1.54, 1.807) is 18.2 Å². The molecule has 140 valence electrons. The number of nitrogens with one attached hydrogen (secondary N) is 2. The number of Topliss-reactive ketones (excluding diaryl/α,β-unsaturated/α-hetero) is 1. The lowest BCUT2D eigenvalue weighted by Crippen LogP contribution is -2.34. The van der Waals surface area contributed by atoms with Crippen molar-refractivity contribution >= 4 is 35.1 Å². The summed E-state index contributed by atoms with van der Waals surface area (Å²) in [6.45, 7) is 0.565. The smallest absolute Gasteiger partial charge is 0.326 e. The fraction of sp³-hybridized carbons (Fsp3) is 0.200. The molecule has 4 rings (SSSR count). The topological polar surface area (TPSA) is 91.4 Å². The van der Waals surface area contributed by atoms with Gasteiger partial charge in [0.2, 0.25) is 0 Å². The Morgan fingerprint density at radius 2 is 1.93 bits per heavy atom. The van der Waals surface area contributed by atoms with Gasteiger partial charge in [0.15, 0.2) is 12.4 Å². The van der Waals surface area contributed by atoms with Gasteiger partial charge in [-0.2, -0.15) is 0 Å². The fourth-order valence-corrected chi connectivity index (χ4v) is 3.36. The molecule has 3 aromatic rings. The second-order valence-electron chi connectivity index (χ2n) is 6.28. The summed E-state index contributed by atoms with van der Waals surface area (Å²) in [7, 11) is 0. The Hall–Kier alpha value is -2.83. The largest absolute Gasteiger partial charge is 0.485 e. The van der Waals surface area contributed by atoms with Crippen molar-refractivity contribution in [2.75, 3.05) is 13.2 Å². The lowest BCUT2D eigenvalue weighted by molar-refractivity contribution is -0.139. The first kappa shape index (κ1) is 18.9. The van der Waals surface area contributed by atoms with Crippen LogP contribution >= 0.6 is 12.4 Å². The Labute approximate surface area is 161 Å². The third-order valence-electron chi connectivity index (χ3n) is 4.64. The standard InChI is InChI=1S/C20H18N2O4.ClH/c23-17(12-4-2-1-3-5-12)11-26-13-6-7-16-15(10-13)14-8-9-21-19(20(24)25)18(14)22-16;/h1-7,10,19,21-22H,8-9,11H2,(H,24,25);1H. The van der Waals surface area contributed by atoms with Gasteiger partial charge in [-0.3, -0.25) is 14.9 Å². The summed E-state index contributed by atoms with van der Waals surface area (Å²) in [5.41, 5.74) is 3.16. The zero-order chi connectivity index (χ0) is 18.1. The van der Waals surface area contributed by atoms with Gasteiger partial charge in [0, 0.05) is 28.7 Å². The molecule has 0 radical (unpaired) electrons. The van der Waals surface area contributed by atoms with Crippen molar-refractivity contribution in [2.24, 2.45) is 0 Å². The van der Waals surface area contributed by atoms with E-state index in [4.69, 9.17) is 4.74 Å². The Morgan fingerprint density at radius 3 is 2.67 bits per heavy atom. The third kappa shape index (κ3) is 3.67. The maximum atomic E-state index is 12.2. The van der Waals surface area contributed by atoms with Gasteiger partial charge in [-0.25, -0.2) is 0 Å². The van der Waals surface area contributed by atoms with Gasteiger partial charge in [0.25, 0.3) is 0 Å². The summed E-state index contributed by atoms with van der Waals surface area (Å²) >= 11 is 0. The number of H-pyrrole nitrogens is 1. The van der Waals surface area contributed by atoms with Crippen LogP contribution in [0.1, 0.15) is 27.7 Å². The molecular formula is C20H19ClN2O4. The number of hydrogen-bond donors (Lipinski definition) is 3. The second-order valence-corrected chi connectivity index (χ2v) is 6.28. The van der Waals surface area contributed by atoms with E-state index in [1.165, 1.54) is 0 Å². The molecule has 7 heteroatoms. The van der Waals surface area contributed by atoms with Crippen LogP contribution < -0.4 is 10.1 Å². The first-order valence-electron chi connectivity index (χ1n) is 8.45. The molecule has 1 aliphatic rings. The van der Waals surface area contributed by atoms with E-state index >= 15 is 0 Å². The number of carbonyl (C=O) groups excluding carboxylic acids is 1. The normalized spacial score (nSPS) is 15.6. The van der Waals surface area contributed by atoms with Crippen molar-refractivity contribution in [1.82, 2.24) is 10.3 Å². The Kier molecular flexibility index (Phi) is 5.48. The first-order valence-corrected chi connectivity index (χ1v) is 8.45. The average molecular weight is 387 g/mol. The van der Waals surface area contributed by atoms with Gasteiger partial charge in [0.05, 0.1) is 0 Å². The molecule has 1 aromatic heterocycles. The van der Waals surface area contributed by atoms with Crippen molar-refractivity contribution < 1.29 is 19.4 Å². The molecule has 2 aromatic carbocycles. The molecule has 0 saturated carbocycles. The van der Waals surface area contributed by atoms with Crippen LogP contribution in [0.2, 0.25) is 0 Å². The van der Waals surface area contributed by atoms with Crippen LogP contribution in [0.15, 0.2) is 48.5 Å². The van der Waals surface area contributed by atoms with Gasteiger partial charge < -0.3 is 14.8 Å². The van der Waals surface area contributed by atoms with Crippen LogP contribution in [0.4, 0.5) is 0 Å². The molecule has 0 bridgehead atoms. The summed E-state index contributed by atoms with van der Waals surface area (Å²) in [6.07, 6.45) is 0.742. The summed E-state index contributed by atoms with van der Waals surface area (Å²) in [5.74, 6) is -0.395. The predicted molar refractivity (Wildman–Crippen MR) is 104 cm³/mol. The number of aromatic nitrogens is 1. The van der Waals surface area contributed by atoms with Gasteiger partial charge in [-0.1, -0.05) is 30.3 Å². The zero-order valence-corrected chi connectivity index (χ0v) is 15.2. The van der Waals surface area contributed by atoms with Crippen molar-refractivity contribution in [3.63, 3.8) is 0 Å². The van der Waals surface area contributed by atoms with Crippen LogP contribution in [0.25, 0.3) is 10.9 Å². The highest BCUT2D eigenvalue weighted by Crippen LogP contribution is 2.32. The van der Waals surface area contributed by atoms with Crippen LogP contribution in [0.5, 0.6) is 5.75 Å². The number of aliphatic carboxylic acids is 1. The zero-order valence-electron chi connectivity index (χ0n) is 14.4. The number of carboxylic acids is 1. The van der Waals surface area contributed by atoms with Crippen LogP contribution in [-0.2, 0) is 11.2 Å². The molecule has 2 heterocycles. The minimum Gasteiger partial charge on any atom is -0.485 e. The molecule has 1 unspecified atom stereocenters. The maximum absolute atomic E-state index is 12.2. The number of fused-ring (bicyclic) bond motifs is 3. The van der Waals surface area contributed by atoms with Crippen molar-refractivity contribution in [3.8, 4) is 5.75 Å². The van der Waals surface area contributed by atoms with Crippen LogP contribution in [0.3, 0.4) is 0 Å². The lowest BCUT2D eigenvalue weighted by Gasteiger charge is -2.20. The summed E-state index contributed by atoms with van der Waals surface area (Å²) in [4.78, 5) is 26.8. The summed E-state index contributed by atoms with van der Waals surface area (Å²) < 4.78 is 5.67. The molecule has 0 saturated heterocycles. The van der Waals surface area contributed by atoms with Gasteiger partial charge in [0.1, 0.15) is 11.8 Å². The molecule has 0 amide bonds. The van der Waals surface area contributed by atoms with E-state index in [2.05, 4.69) is 10.3 Å². The molecule has 0 fully saturated rings. The highest BCUT2D eigenvalue weighted by molar-refractivity contribution is 5.97. The maximum Gasteiger partial charge on any atom is 0.326 e. The van der Waals surface area contributed by atoms with E-state index in [0.29, 0.717) is 23.6 Å². The average Bonchev–Trinajstić information content (AvgIpc) is 3.04. The van der Waals surface area contributed by atoms with E-state index in [9.17, 15) is 14.7 Å². The fourth-order valence-electron chi connectivity index (χ4n) is 3.36. The molecule has 0 spiro atoms. The number of halogens is 1. The minimum atomic E-state index is -0.901. The van der Waals surface area contributed by atoms with Crippen molar-refractivity contribution in [2.45, 2.75) is 12.5 Å². The number of rotatable bonds is 5. The van der Waals surface area contributed by atoms with E-state index in [-0.39, 0.29) is 24.8 Å². The quantitative estimate of drug-likeness (QED) is 0.586. The highest BCUT2D eigenvalue weighted by Gasteiger charge is 2.29. The number of aromatic amines is 1. The van der Waals surface area contributed by atoms with E-state index in [1.807, 2.05) is 30.3 Å². The molecule has 0 aliphatic carbocycles. The Bertz CT molecular complexity index is 984. The number of hydrogen-bond acceptors (Lipinski definition) is 4. The van der Waals surface area contributed by atoms with Crippen molar-refractivity contribution in [3.05, 3.63) is 65.4 Å². The van der Waals surface area contributed by atoms with Gasteiger partial charge in [-0.15, -0.1) is 12.4 Å². The van der Waals surface area contributed by atoms with Crippen LogP contribution in [-0.4, -0.2) is 35.0 Å². The van der Waals surface area contributed by atoms with Gasteiger partial charge in [-0.05, 0) is 30.2 Å².